The summed E-state index contributed by atoms with van der Waals surface area (Å²) in [5, 5.41) is 3.27. The van der Waals surface area contributed by atoms with E-state index in [2.05, 4.69) is 50.3 Å². The second-order valence-electron chi connectivity index (χ2n) is 4.09. The van der Waals surface area contributed by atoms with Crippen molar-refractivity contribution >= 4 is 21.7 Å². The van der Waals surface area contributed by atoms with Crippen LogP contribution in [0.15, 0.2) is 41.0 Å². The van der Waals surface area contributed by atoms with Crippen LogP contribution in [0.2, 0.25) is 0 Å². The van der Waals surface area contributed by atoms with Crippen molar-refractivity contribution in [2.75, 3.05) is 11.9 Å². The molecule has 0 saturated heterocycles. The van der Waals surface area contributed by atoms with Crippen molar-refractivity contribution < 1.29 is 0 Å². The number of hydrogen-bond acceptors (Lipinski definition) is 3. The summed E-state index contributed by atoms with van der Waals surface area (Å²) in [6.45, 7) is 3.08. The highest BCUT2D eigenvalue weighted by molar-refractivity contribution is 9.10. The van der Waals surface area contributed by atoms with Crippen molar-refractivity contribution in [3.8, 4) is 0 Å². The van der Waals surface area contributed by atoms with Gasteiger partial charge in [-0.05, 0) is 30.2 Å². The molecule has 2 rings (SSSR count). The summed E-state index contributed by atoms with van der Waals surface area (Å²) in [7, 11) is 0. The largest absolute Gasteiger partial charge is 0.370 e. The summed E-state index contributed by atoms with van der Waals surface area (Å²) >= 11 is 3.43. The van der Waals surface area contributed by atoms with Gasteiger partial charge in [-0.1, -0.05) is 35.0 Å². The van der Waals surface area contributed by atoms with Gasteiger partial charge < -0.3 is 5.32 Å². The quantitative estimate of drug-likeness (QED) is 0.916. The number of aromatic nitrogens is 2. The zero-order chi connectivity index (χ0) is 12.8. The van der Waals surface area contributed by atoms with Crippen LogP contribution in [0.3, 0.4) is 0 Å². The second-order valence-corrected chi connectivity index (χ2v) is 5.00. The van der Waals surface area contributed by atoms with Gasteiger partial charge in [0.1, 0.15) is 11.6 Å². The summed E-state index contributed by atoms with van der Waals surface area (Å²) < 4.78 is 1.09. The van der Waals surface area contributed by atoms with Crippen LogP contribution in [0.5, 0.6) is 0 Å². The first-order chi connectivity index (χ1) is 8.78. The zero-order valence-corrected chi connectivity index (χ0v) is 11.9. The van der Waals surface area contributed by atoms with Crippen molar-refractivity contribution in [3.05, 3.63) is 52.4 Å². The van der Waals surface area contributed by atoms with Gasteiger partial charge in [0, 0.05) is 23.6 Å². The molecule has 0 radical (unpaired) electrons. The van der Waals surface area contributed by atoms with Gasteiger partial charge in [0.25, 0.3) is 0 Å². The highest BCUT2D eigenvalue weighted by Gasteiger charge is 2.01. The van der Waals surface area contributed by atoms with Crippen LogP contribution in [-0.4, -0.2) is 16.5 Å². The summed E-state index contributed by atoms with van der Waals surface area (Å²) in [6.07, 6.45) is 3.65. The van der Waals surface area contributed by atoms with Crippen molar-refractivity contribution in [2.24, 2.45) is 0 Å². The minimum Gasteiger partial charge on any atom is -0.370 e. The molecule has 3 nitrogen and oxygen atoms in total. The molecular formula is C14H16BrN3. The number of nitrogens with one attached hydrogen (secondary N) is 1. The molecule has 0 bridgehead atoms. The van der Waals surface area contributed by atoms with E-state index in [-0.39, 0.29) is 0 Å². The van der Waals surface area contributed by atoms with Gasteiger partial charge >= 0.3 is 0 Å². The van der Waals surface area contributed by atoms with Gasteiger partial charge in [0.15, 0.2) is 0 Å². The monoisotopic (exact) mass is 305 g/mol. The highest BCUT2D eigenvalue weighted by Crippen LogP contribution is 2.13. The van der Waals surface area contributed by atoms with Crippen LogP contribution >= 0.6 is 15.9 Å². The number of rotatable bonds is 5. The van der Waals surface area contributed by atoms with Gasteiger partial charge in [-0.15, -0.1) is 0 Å². The zero-order valence-electron chi connectivity index (χ0n) is 10.4. The Balaban J connectivity index is 2.06. The number of hydrogen-bond donors (Lipinski definition) is 1. The predicted octanol–water partition coefficient (Wildman–Crippen LogP) is 3.65. The maximum Gasteiger partial charge on any atom is 0.135 e. The number of benzene rings is 1. The average Bonchev–Trinajstić information content (AvgIpc) is 2.40. The molecule has 2 aromatic rings. The first-order valence-corrected chi connectivity index (χ1v) is 6.87. The third kappa shape index (κ3) is 3.81. The Kier molecular flexibility index (Phi) is 4.70. The molecule has 0 saturated carbocycles. The SMILES string of the molecule is CCCNc1ccnc(Cc2ccc(Br)cc2)n1. The van der Waals surface area contributed by atoms with E-state index in [0.717, 1.165) is 35.5 Å². The lowest BCUT2D eigenvalue weighted by atomic mass is 10.1. The van der Waals surface area contributed by atoms with E-state index in [9.17, 15) is 0 Å². The molecule has 1 N–H and O–H groups in total. The molecule has 0 fully saturated rings. The summed E-state index contributed by atoms with van der Waals surface area (Å²) in [5.74, 6) is 1.75. The Morgan fingerprint density at radius 1 is 1.17 bits per heavy atom. The molecule has 1 heterocycles. The fourth-order valence-electron chi connectivity index (χ4n) is 1.62. The van der Waals surface area contributed by atoms with Crippen LogP contribution < -0.4 is 5.32 Å². The Labute approximate surface area is 116 Å². The summed E-state index contributed by atoms with van der Waals surface area (Å²) in [4.78, 5) is 8.80. The average molecular weight is 306 g/mol. The highest BCUT2D eigenvalue weighted by atomic mass is 79.9. The van der Waals surface area contributed by atoms with E-state index in [1.54, 1.807) is 6.20 Å². The first kappa shape index (κ1) is 13.0. The third-order valence-electron chi connectivity index (χ3n) is 2.54. The second kappa shape index (κ2) is 6.50. The molecule has 0 amide bonds. The molecule has 0 unspecified atom stereocenters. The summed E-state index contributed by atoms with van der Waals surface area (Å²) in [6, 6.07) is 10.1. The van der Waals surface area contributed by atoms with Crippen molar-refractivity contribution in [1.29, 1.82) is 0 Å². The molecule has 0 aliphatic heterocycles. The fourth-order valence-corrected chi connectivity index (χ4v) is 1.88. The van der Waals surface area contributed by atoms with E-state index in [4.69, 9.17) is 0 Å². The summed E-state index contributed by atoms with van der Waals surface area (Å²) in [5.41, 5.74) is 1.21. The Morgan fingerprint density at radius 2 is 1.94 bits per heavy atom. The maximum absolute atomic E-state index is 4.49. The Bertz CT molecular complexity index is 497. The lowest BCUT2D eigenvalue weighted by molar-refractivity contribution is 0.932. The molecule has 0 aliphatic carbocycles. The first-order valence-electron chi connectivity index (χ1n) is 6.08. The topological polar surface area (TPSA) is 37.8 Å². The predicted molar refractivity (Wildman–Crippen MR) is 77.8 cm³/mol. The third-order valence-corrected chi connectivity index (χ3v) is 3.07. The minimum atomic E-state index is 0.759. The Hall–Kier alpha value is -1.42. The molecule has 0 aliphatic rings. The molecule has 1 aromatic heterocycles. The van der Waals surface area contributed by atoms with Crippen LogP contribution in [0.1, 0.15) is 24.7 Å². The van der Waals surface area contributed by atoms with Gasteiger partial charge in [-0.2, -0.15) is 0 Å². The molecule has 94 valence electrons. The lowest BCUT2D eigenvalue weighted by Crippen LogP contribution is -2.05. The Morgan fingerprint density at radius 3 is 2.67 bits per heavy atom. The normalized spacial score (nSPS) is 10.3. The maximum atomic E-state index is 4.49. The van der Waals surface area contributed by atoms with Crippen LogP contribution in [0, 0.1) is 0 Å². The van der Waals surface area contributed by atoms with E-state index in [1.165, 1.54) is 5.56 Å². The van der Waals surface area contributed by atoms with Crippen molar-refractivity contribution in [1.82, 2.24) is 9.97 Å². The van der Waals surface area contributed by atoms with E-state index in [0.29, 0.717) is 0 Å². The van der Waals surface area contributed by atoms with Gasteiger partial charge in [-0.3, -0.25) is 0 Å². The smallest absolute Gasteiger partial charge is 0.135 e. The van der Waals surface area contributed by atoms with E-state index < -0.39 is 0 Å². The molecule has 4 heteroatoms. The van der Waals surface area contributed by atoms with Gasteiger partial charge in [0.2, 0.25) is 0 Å². The van der Waals surface area contributed by atoms with Gasteiger partial charge in [-0.25, -0.2) is 9.97 Å². The van der Waals surface area contributed by atoms with Crippen LogP contribution in [-0.2, 0) is 6.42 Å². The standard InChI is InChI=1S/C14H16BrN3/c1-2-8-16-13-7-9-17-14(18-13)10-11-3-5-12(15)6-4-11/h3-7,9H,2,8,10H2,1H3,(H,16,17,18). The van der Waals surface area contributed by atoms with E-state index in [1.807, 2.05) is 18.2 Å². The number of halogens is 1. The van der Waals surface area contributed by atoms with E-state index >= 15 is 0 Å². The molecule has 0 atom stereocenters. The van der Waals surface area contributed by atoms with Crippen LogP contribution in [0.4, 0.5) is 5.82 Å². The number of nitrogens with zero attached hydrogens (tertiary/aromatic N) is 2. The van der Waals surface area contributed by atoms with Crippen LogP contribution in [0.25, 0.3) is 0 Å². The molecular weight excluding hydrogens is 290 g/mol. The molecule has 18 heavy (non-hydrogen) atoms. The fraction of sp³-hybridized carbons (Fsp3) is 0.286. The number of anilines is 1. The molecule has 1 aromatic carbocycles. The molecule has 0 spiro atoms. The lowest BCUT2D eigenvalue weighted by Gasteiger charge is -2.05. The minimum absolute atomic E-state index is 0.759. The van der Waals surface area contributed by atoms with Crippen molar-refractivity contribution in [2.45, 2.75) is 19.8 Å². The van der Waals surface area contributed by atoms with Gasteiger partial charge in [0.05, 0.1) is 0 Å². The van der Waals surface area contributed by atoms with Crippen molar-refractivity contribution in [3.63, 3.8) is 0 Å².